The smallest absolute Gasteiger partial charge is 0.251 e. The summed E-state index contributed by atoms with van der Waals surface area (Å²) in [6, 6.07) is 19.6. The maximum Gasteiger partial charge on any atom is 0.251 e. The molecule has 0 saturated carbocycles. The third kappa shape index (κ3) is 4.74. The van der Waals surface area contributed by atoms with Gasteiger partial charge in [-0.3, -0.25) is 14.7 Å². The molecule has 0 bridgehead atoms. The van der Waals surface area contributed by atoms with Gasteiger partial charge in [0.1, 0.15) is 6.07 Å². The van der Waals surface area contributed by atoms with Crippen LogP contribution in [-0.4, -0.2) is 66.8 Å². The van der Waals surface area contributed by atoms with Crippen molar-refractivity contribution >= 4 is 22.5 Å². The van der Waals surface area contributed by atoms with Gasteiger partial charge in [0.15, 0.2) is 0 Å². The molecule has 3 atom stereocenters. The van der Waals surface area contributed by atoms with Crippen molar-refractivity contribution in [1.82, 2.24) is 15.2 Å². The molecule has 1 N–H and O–H groups in total. The number of amides is 1. The third-order valence-corrected chi connectivity index (χ3v) is 6.64. The number of nitriles is 1. The Hall–Kier alpha value is -3.47. The van der Waals surface area contributed by atoms with Crippen molar-refractivity contribution in [2.45, 2.75) is 31.6 Å². The van der Waals surface area contributed by atoms with E-state index in [4.69, 9.17) is 4.74 Å². The summed E-state index contributed by atoms with van der Waals surface area (Å²) in [5.74, 6) is -0.0116. The number of benzene rings is 2. The van der Waals surface area contributed by atoms with Crippen LogP contribution in [0.25, 0.3) is 10.9 Å². The first-order chi connectivity index (χ1) is 16.6. The number of nitrogens with zero attached hydrogens (tertiary/aromatic N) is 4. The van der Waals surface area contributed by atoms with Gasteiger partial charge < -0.3 is 15.0 Å². The number of carbonyl (C=O) groups is 1. The summed E-state index contributed by atoms with van der Waals surface area (Å²) in [6.45, 7) is 6.27. The molecule has 34 heavy (non-hydrogen) atoms. The maximum atomic E-state index is 12.5. The van der Waals surface area contributed by atoms with Crippen LogP contribution >= 0.6 is 0 Å². The molecule has 2 aromatic carbocycles. The van der Waals surface area contributed by atoms with Crippen LogP contribution in [0.2, 0.25) is 0 Å². The van der Waals surface area contributed by atoms with Crippen molar-refractivity contribution in [3.63, 3.8) is 0 Å². The van der Waals surface area contributed by atoms with Crippen LogP contribution in [0.1, 0.15) is 29.3 Å². The first-order valence-corrected chi connectivity index (χ1v) is 11.9. The molecule has 0 aliphatic carbocycles. The summed E-state index contributed by atoms with van der Waals surface area (Å²) < 4.78 is 6.30. The molecule has 2 fully saturated rings. The Balaban J connectivity index is 1.24. The third-order valence-electron chi connectivity index (χ3n) is 6.64. The van der Waals surface area contributed by atoms with E-state index in [1.807, 2.05) is 54.6 Å². The highest BCUT2D eigenvalue weighted by atomic mass is 16.5. The van der Waals surface area contributed by atoms with Crippen LogP contribution in [0.4, 0.5) is 5.69 Å². The normalized spacial score (nSPS) is 23.1. The summed E-state index contributed by atoms with van der Waals surface area (Å²) in [5, 5.41) is 13.6. The monoisotopic (exact) mass is 455 g/mol. The van der Waals surface area contributed by atoms with Gasteiger partial charge in [-0.15, -0.1) is 0 Å². The molecule has 0 unspecified atom stereocenters. The molecule has 1 aromatic heterocycles. The quantitative estimate of drug-likeness (QED) is 0.636. The second-order valence-corrected chi connectivity index (χ2v) is 9.20. The van der Waals surface area contributed by atoms with Crippen LogP contribution < -0.4 is 10.2 Å². The van der Waals surface area contributed by atoms with Gasteiger partial charge in [-0.1, -0.05) is 18.2 Å². The Morgan fingerprint density at radius 1 is 1.15 bits per heavy atom. The predicted molar refractivity (Wildman–Crippen MR) is 132 cm³/mol. The average Bonchev–Trinajstić information content (AvgIpc) is 3.29. The number of pyridine rings is 1. The highest BCUT2D eigenvalue weighted by Gasteiger charge is 2.31. The molecule has 2 saturated heterocycles. The minimum Gasteiger partial charge on any atom is -0.370 e. The van der Waals surface area contributed by atoms with Gasteiger partial charge >= 0.3 is 0 Å². The van der Waals surface area contributed by atoms with Gasteiger partial charge in [0, 0.05) is 61.6 Å². The minimum absolute atomic E-state index is 0.0116. The fourth-order valence-corrected chi connectivity index (χ4v) is 5.13. The van der Waals surface area contributed by atoms with E-state index < -0.39 is 0 Å². The molecule has 0 spiro atoms. The number of rotatable bonds is 5. The fraction of sp³-hybridized carbons (Fsp3) is 0.370. The van der Waals surface area contributed by atoms with E-state index in [1.54, 1.807) is 6.20 Å². The number of hydrogen-bond donors (Lipinski definition) is 1. The lowest BCUT2D eigenvalue weighted by Gasteiger charge is -2.40. The lowest BCUT2D eigenvalue weighted by atomic mass is 10.1. The van der Waals surface area contributed by atoms with Crippen molar-refractivity contribution in [1.29, 1.82) is 5.26 Å². The van der Waals surface area contributed by atoms with Gasteiger partial charge in [-0.25, -0.2) is 0 Å². The number of anilines is 1. The first kappa shape index (κ1) is 22.3. The van der Waals surface area contributed by atoms with Crippen molar-refractivity contribution in [3.05, 3.63) is 71.9 Å². The Bertz CT molecular complexity index is 1210. The maximum absolute atomic E-state index is 12.5. The molecule has 7 heteroatoms. The van der Waals surface area contributed by atoms with Crippen LogP contribution in [0.5, 0.6) is 0 Å². The number of morpholine rings is 1. The van der Waals surface area contributed by atoms with E-state index in [9.17, 15) is 10.1 Å². The molecular weight excluding hydrogens is 426 g/mol. The number of aromatic nitrogens is 1. The number of fused-ring (bicyclic) bond motifs is 1. The van der Waals surface area contributed by atoms with Crippen molar-refractivity contribution < 1.29 is 9.53 Å². The molecule has 1 amide bonds. The zero-order valence-electron chi connectivity index (χ0n) is 19.4. The van der Waals surface area contributed by atoms with E-state index in [2.05, 4.69) is 33.1 Å². The molecule has 5 rings (SSSR count). The summed E-state index contributed by atoms with van der Waals surface area (Å²) in [4.78, 5) is 21.7. The highest BCUT2D eigenvalue weighted by Crippen LogP contribution is 2.30. The number of hydrogen-bond acceptors (Lipinski definition) is 6. The molecule has 174 valence electrons. The van der Waals surface area contributed by atoms with E-state index in [-0.39, 0.29) is 24.2 Å². The molecule has 0 radical (unpaired) electrons. The van der Waals surface area contributed by atoms with Crippen molar-refractivity contribution in [2.24, 2.45) is 0 Å². The Labute approximate surface area is 199 Å². The zero-order chi connectivity index (χ0) is 23.5. The van der Waals surface area contributed by atoms with Crippen LogP contribution in [0, 0.1) is 11.3 Å². The second kappa shape index (κ2) is 9.80. The van der Waals surface area contributed by atoms with Gasteiger partial charge in [0.25, 0.3) is 5.91 Å². The molecule has 2 aliphatic rings. The Kier molecular flexibility index (Phi) is 6.43. The number of nitrogens with one attached hydrogen (secondary N) is 1. The molecule has 3 aromatic rings. The van der Waals surface area contributed by atoms with Crippen molar-refractivity contribution in [3.8, 4) is 6.07 Å². The number of ether oxygens (including phenoxy) is 1. The summed E-state index contributed by atoms with van der Waals surface area (Å²) >= 11 is 0. The number of likely N-dealkylation sites (tertiary alicyclic amines) is 1. The summed E-state index contributed by atoms with van der Waals surface area (Å²) in [6.07, 6.45) is 2.83. The van der Waals surface area contributed by atoms with Crippen LogP contribution in [0.3, 0.4) is 0 Å². The van der Waals surface area contributed by atoms with Gasteiger partial charge in [-0.2, -0.15) is 5.26 Å². The second-order valence-electron chi connectivity index (χ2n) is 9.20. The average molecular weight is 456 g/mol. The lowest BCUT2D eigenvalue weighted by molar-refractivity contribution is -0.0295. The van der Waals surface area contributed by atoms with Crippen LogP contribution in [-0.2, 0) is 4.74 Å². The van der Waals surface area contributed by atoms with Crippen LogP contribution in [0.15, 0.2) is 60.8 Å². The fourth-order valence-electron chi connectivity index (χ4n) is 5.13. The topological polar surface area (TPSA) is 81.5 Å². The highest BCUT2D eigenvalue weighted by molar-refractivity contribution is 5.95. The zero-order valence-corrected chi connectivity index (χ0v) is 19.4. The standard InChI is InChI=1S/C27H29N5O2/c1-19-15-32(25-10-9-21(14-28)26-24(25)8-5-12-29-26)18-23(34-19)17-31-13-11-22(16-31)30-27(33)20-6-3-2-4-7-20/h2-10,12,19,22-23H,11,13,15-18H2,1H3,(H,30,33)/t19-,22-,23+/m1/s1. The molecule has 2 aliphatic heterocycles. The first-order valence-electron chi connectivity index (χ1n) is 11.9. The van der Waals surface area contributed by atoms with Gasteiger partial charge in [0.05, 0.1) is 23.3 Å². The summed E-state index contributed by atoms with van der Waals surface area (Å²) in [7, 11) is 0. The van der Waals surface area contributed by atoms with Gasteiger partial charge in [-0.05, 0) is 49.7 Å². The lowest BCUT2D eigenvalue weighted by Crippen LogP contribution is -2.51. The van der Waals surface area contributed by atoms with Crippen molar-refractivity contribution in [2.75, 3.05) is 37.6 Å². The largest absolute Gasteiger partial charge is 0.370 e. The van der Waals surface area contributed by atoms with E-state index >= 15 is 0 Å². The Morgan fingerprint density at radius 2 is 2.00 bits per heavy atom. The molecule has 3 heterocycles. The summed E-state index contributed by atoms with van der Waals surface area (Å²) in [5.41, 5.74) is 3.13. The predicted octanol–water partition coefficient (Wildman–Crippen LogP) is 3.20. The van der Waals surface area contributed by atoms with E-state index in [0.717, 1.165) is 55.7 Å². The minimum atomic E-state index is -0.0116. The molecular formula is C27H29N5O2. The molecule has 7 nitrogen and oxygen atoms in total. The van der Waals surface area contributed by atoms with Gasteiger partial charge in [0.2, 0.25) is 0 Å². The van der Waals surface area contributed by atoms with E-state index in [0.29, 0.717) is 11.1 Å². The SMILES string of the molecule is C[C@@H]1CN(c2ccc(C#N)c3ncccc23)C[C@H](CN2CC[C@@H](NC(=O)c3ccccc3)C2)O1. The number of carbonyl (C=O) groups excluding carboxylic acids is 1. The van der Waals surface area contributed by atoms with E-state index in [1.165, 1.54) is 0 Å². The Morgan fingerprint density at radius 3 is 2.82 bits per heavy atom.